The highest BCUT2D eigenvalue weighted by molar-refractivity contribution is 5.94. The van der Waals surface area contributed by atoms with Crippen molar-refractivity contribution in [1.82, 2.24) is 14.9 Å². The highest BCUT2D eigenvalue weighted by atomic mass is 35.5. The van der Waals surface area contributed by atoms with Crippen molar-refractivity contribution in [3.8, 4) is 0 Å². The number of benzene rings is 2. The quantitative estimate of drug-likeness (QED) is 0.665. The molecule has 3 aromatic rings. The van der Waals surface area contributed by atoms with Gasteiger partial charge in [0.2, 0.25) is 0 Å². The molecule has 0 saturated carbocycles. The highest BCUT2D eigenvalue weighted by Gasteiger charge is 2.07. The van der Waals surface area contributed by atoms with E-state index in [2.05, 4.69) is 20.9 Å². The molecule has 1 amide bonds. The van der Waals surface area contributed by atoms with E-state index in [4.69, 9.17) is 5.73 Å². The lowest BCUT2D eigenvalue weighted by atomic mass is 10.1. The first-order valence-corrected chi connectivity index (χ1v) is 8.18. The first-order chi connectivity index (χ1) is 11.7. The molecule has 3 rings (SSSR count). The number of hydrogen-bond acceptors (Lipinski definition) is 3. The molecule has 0 atom stereocenters. The summed E-state index contributed by atoms with van der Waals surface area (Å²) in [6.07, 6.45) is 0.855. The molecule has 0 aliphatic heterocycles. The number of carbonyl (C=O) groups excluding carboxylic acids is 1. The number of halogens is 1. The van der Waals surface area contributed by atoms with Crippen molar-refractivity contribution >= 4 is 29.3 Å². The second-order valence-corrected chi connectivity index (χ2v) is 5.81. The van der Waals surface area contributed by atoms with E-state index in [-0.39, 0.29) is 18.3 Å². The summed E-state index contributed by atoms with van der Waals surface area (Å²) >= 11 is 0. The van der Waals surface area contributed by atoms with Crippen molar-refractivity contribution in [3.05, 3.63) is 65.5 Å². The van der Waals surface area contributed by atoms with Gasteiger partial charge in [-0.25, -0.2) is 4.98 Å². The zero-order valence-corrected chi connectivity index (χ0v) is 15.1. The van der Waals surface area contributed by atoms with Crippen molar-refractivity contribution in [1.29, 1.82) is 0 Å². The van der Waals surface area contributed by atoms with E-state index >= 15 is 0 Å². The Morgan fingerprint density at radius 1 is 1.16 bits per heavy atom. The smallest absolute Gasteiger partial charge is 0.251 e. The average molecular weight is 359 g/mol. The standard InChI is InChI=1S/C19H22N4O.ClH/c1-14-22-17-5-2-3-6-18(17)23(14)12-4-11-21-19(24)16-9-7-15(13-20)8-10-16;/h2-3,5-10H,4,11-13,20H2,1H3,(H,21,24);1H. The van der Waals surface area contributed by atoms with Crippen molar-refractivity contribution in [2.24, 2.45) is 5.73 Å². The Morgan fingerprint density at radius 2 is 1.88 bits per heavy atom. The fourth-order valence-corrected chi connectivity index (χ4v) is 2.81. The minimum Gasteiger partial charge on any atom is -0.352 e. The van der Waals surface area contributed by atoms with Crippen LogP contribution in [0.2, 0.25) is 0 Å². The predicted molar refractivity (Wildman–Crippen MR) is 103 cm³/mol. The zero-order valence-electron chi connectivity index (χ0n) is 14.2. The third kappa shape index (κ3) is 4.38. The van der Waals surface area contributed by atoms with Crippen LogP contribution in [0.1, 0.15) is 28.2 Å². The Kier molecular flexibility index (Phi) is 6.56. The number of nitrogens with two attached hydrogens (primary N) is 1. The number of nitrogens with zero attached hydrogens (tertiary/aromatic N) is 2. The van der Waals surface area contributed by atoms with E-state index in [9.17, 15) is 4.79 Å². The Bertz CT molecular complexity index is 842. The van der Waals surface area contributed by atoms with Crippen LogP contribution in [-0.4, -0.2) is 22.0 Å². The molecule has 0 aliphatic carbocycles. The number of imidazole rings is 1. The summed E-state index contributed by atoms with van der Waals surface area (Å²) in [6, 6.07) is 15.5. The summed E-state index contributed by atoms with van der Waals surface area (Å²) < 4.78 is 2.19. The topological polar surface area (TPSA) is 72.9 Å². The molecular weight excluding hydrogens is 336 g/mol. The maximum atomic E-state index is 12.1. The first kappa shape index (κ1) is 19.0. The Hall–Kier alpha value is -2.37. The molecule has 1 aromatic heterocycles. The van der Waals surface area contributed by atoms with Crippen LogP contribution >= 0.6 is 12.4 Å². The molecule has 0 fully saturated rings. The SMILES string of the molecule is Cc1nc2ccccc2n1CCCNC(=O)c1ccc(CN)cc1.Cl. The number of aryl methyl sites for hydroxylation is 2. The number of hydrogen-bond donors (Lipinski definition) is 2. The Balaban J connectivity index is 0.00000225. The molecule has 25 heavy (non-hydrogen) atoms. The summed E-state index contributed by atoms with van der Waals surface area (Å²) in [6.45, 7) is 3.96. The molecule has 2 aromatic carbocycles. The molecule has 5 nitrogen and oxygen atoms in total. The van der Waals surface area contributed by atoms with Crippen molar-refractivity contribution < 1.29 is 4.79 Å². The van der Waals surface area contributed by atoms with Gasteiger partial charge in [0.25, 0.3) is 5.91 Å². The highest BCUT2D eigenvalue weighted by Crippen LogP contribution is 2.15. The lowest BCUT2D eigenvalue weighted by molar-refractivity contribution is 0.0953. The van der Waals surface area contributed by atoms with E-state index in [1.54, 1.807) is 0 Å². The van der Waals surface area contributed by atoms with Crippen molar-refractivity contribution in [3.63, 3.8) is 0 Å². The van der Waals surface area contributed by atoms with Crippen molar-refractivity contribution in [2.45, 2.75) is 26.4 Å². The van der Waals surface area contributed by atoms with E-state index in [1.807, 2.05) is 49.4 Å². The minimum atomic E-state index is -0.0502. The predicted octanol–water partition coefficient (Wildman–Crippen LogP) is 3.05. The summed E-state index contributed by atoms with van der Waals surface area (Å²) in [7, 11) is 0. The van der Waals surface area contributed by atoms with Gasteiger partial charge in [-0.3, -0.25) is 4.79 Å². The molecule has 0 saturated heterocycles. The molecule has 0 spiro atoms. The third-order valence-electron chi connectivity index (χ3n) is 4.14. The van der Waals surface area contributed by atoms with Gasteiger partial charge >= 0.3 is 0 Å². The molecule has 0 unspecified atom stereocenters. The number of amides is 1. The van der Waals surface area contributed by atoms with Gasteiger partial charge in [-0.15, -0.1) is 12.4 Å². The second kappa shape index (κ2) is 8.65. The van der Waals surface area contributed by atoms with Crippen LogP contribution in [0.4, 0.5) is 0 Å². The molecule has 0 bridgehead atoms. The molecule has 132 valence electrons. The lowest BCUT2D eigenvalue weighted by Gasteiger charge is -2.08. The van der Waals surface area contributed by atoms with Gasteiger partial charge in [0.05, 0.1) is 11.0 Å². The van der Waals surface area contributed by atoms with E-state index < -0.39 is 0 Å². The fraction of sp³-hybridized carbons (Fsp3) is 0.263. The summed E-state index contributed by atoms with van der Waals surface area (Å²) in [4.78, 5) is 16.7. The van der Waals surface area contributed by atoms with Crippen LogP contribution in [0.3, 0.4) is 0 Å². The molecule has 1 heterocycles. The van der Waals surface area contributed by atoms with Crippen LogP contribution in [0.25, 0.3) is 11.0 Å². The van der Waals surface area contributed by atoms with Gasteiger partial charge in [-0.1, -0.05) is 24.3 Å². The monoisotopic (exact) mass is 358 g/mol. The summed E-state index contributed by atoms with van der Waals surface area (Å²) in [5.74, 6) is 0.950. The van der Waals surface area contributed by atoms with E-state index in [0.717, 1.165) is 35.4 Å². The Labute approximate surface area is 153 Å². The van der Waals surface area contributed by atoms with Gasteiger partial charge in [-0.2, -0.15) is 0 Å². The minimum absolute atomic E-state index is 0. The Morgan fingerprint density at radius 3 is 2.60 bits per heavy atom. The largest absolute Gasteiger partial charge is 0.352 e. The normalized spacial score (nSPS) is 10.5. The van der Waals surface area contributed by atoms with Crippen LogP contribution in [0, 0.1) is 6.92 Å². The van der Waals surface area contributed by atoms with Crippen molar-refractivity contribution in [2.75, 3.05) is 6.54 Å². The number of nitrogens with one attached hydrogen (secondary N) is 1. The fourth-order valence-electron chi connectivity index (χ4n) is 2.81. The van der Waals surface area contributed by atoms with Gasteiger partial charge in [0.15, 0.2) is 0 Å². The number of aromatic nitrogens is 2. The van der Waals surface area contributed by atoms with Gasteiger partial charge < -0.3 is 15.6 Å². The second-order valence-electron chi connectivity index (χ2n) is 5.81. The van der Waals surface area contributed by atoms with Crippen LogP contribution in [0.5, 0.6) is 0 Å². The molecule has 0 aliphatic rings. The maximum absolute atomic E-state index is 12.1. The van der Waals surface area contributed by atoms with Gasteiger partial charge in [0.1, 0.15) is 5.82 Å². The van der Waals surface area contributed by atoms with Crippen LogP contribution in [0.15, 0.2) is 48.5 Å². The number of carbonyl (C=O) groups is 1. The number of fused-ring (bicyclic) bond motifs is 1. The van der Waals surface area contributed by atoms with Gasteiger partial charge in [0, 0.05) is 25.2 Å². The zero-order chi connectivity index (χ0) is 16.9. The summed E-state index contributed by atoms with van der Waals surface area (Å²) in [5, 5.41) is 2.96. The molecule has 0 radical (unpaired) electrons. The number of rotatable bonds is 6. The average Bonchev–Trinajstić information content (AvgIpc) is 2.94. The summed E-state index contributed by atoms with van der Waals surface area (Å²) in [5.41, 5.74) is 9.40. The molecule has 3 N–H and O–H groups in total. The van der Waals surface area contributed by atoms with Crippen LogP contribution < -0.4 is 11.1 Å². The lowest BCUT2D eigenvalue weighted by Crippen LogP contribution is -2.25. The van der Waals surface area contributed by atoms with Gasteiger partial charge in [-0.05, 0) is 43.2 Å². The third-order valence-corrected chi connectivity index (χ3v) is 4.14. The van der Waals surface area contributed by atoms with Crippen LogP contribution in [-0.2, 0) is 13.1 Å². The molecular formula is C19H23ClN4O. The van der Waals surface area contributed by atoms with E-state index in [0.29, 0.717) is 18.7 Å². The first-order valence-electron chi connectivity index (χ1n) is 8.18. The maximum Gasteiger partial charge on any atom is 0.251 e. The van der Waals surface area contributed by atoms with E-state index in [1.165, 1.54) is 0 Å². The molecule has 6 heteroatoms. The number of para-hydroxylation sites is 2.